The SMILES string of the molecule is c1ccc(N(c2ccc(-n3c4ccccc4c4ccccc43)cc2)c2ccc3c(c2)C(c2ccccc2)(c2ccc4ccccc4c2)c2cc(N(c4ccccc4)c4ccc(-n5c6ccccc6c6ccccc65)cc4)ccc2-3)cc1. The standard InChI is InChI=1S/C77H52N4/c1-4-22-55(23-5-1)77(56-37-36-53-20-10-11-21-54(53)50-56)71-51-63(78(57-24-6-2-7-25-57)59-38-42-61(43-39-59)80-73-32-16-12-28-67(73)68-29-13-17-33-74(68)80)46-48-65(71)66-49-47-64(52-72(66)77)79(58-26-8-3-9-27-58)60-40-44-62(45-41-60)81-75-34-18-14-30-69(75)70-31-15-19-35-76(70)81/h1-52H. The fourth-order valence-corrected chi connectivity index (χ4v) is 13.4. The normalized spacial score (nSPS) is 12.5. The van der Waals surface area contributed by atoms with Crippen molar-refractivity contribution in [1.29, 1.82) is 0 Å². The summed E-state index contributed by atoms with van der Waals surface area (Å²) in [6.45, 7) is 0. The van der Waals surface area contributed by atoms with Crippen LogP contribution in [0, 0.1) is 0 Å². The number of aromatic nitrogens is 2. The van der Waals surface area contributed by atoms with Crippen LogP contribution in [0.3, 0.4) is 0 Å². The quantitative estimate of drug-likeness (QED) is 0.136. The molecule has 0 fully saturated rings. The molecule has 15 aromatic rings. The smallest absolute Gasteiger partial charge is 0.0715 e. The van der Waals surface area contributed by atoms with Crippen LogP contribution in [0.4, 0.5) is 34.1 Å². The highest BCUT2D eigenvalue weighted by Gasteiger charge is 2.47. The average Bonchev–Trinajstić information content (AvgIpc) is 4.15. The van der Waals surface area contributed by atoms with Crippen molar-refractivity contribution in [2.75, 3.05) is 9.80 Å². The van der Waals surface area contributed by atoms with E-state index < -0.39 is 5.41 Å². The molecule has 0 N–H and O–H groups in total. The average molecular weight is 1030 g/mol. The zero-order valence-electron chi connectivity index (χ0n) is 44.3. The van der Waals surface area contributed by atoms with Gasteiger partial charge in [0, 0.05) is 67.0 Å². The van der Waals surface area contributed by atoms with E-state index in [0.717, 1.165) is 45.5 Å². The Balaban J connectivity index is 0.887. The van der Waals surface area contributed by atoms with Crippen LogP contribution >= 0.6 is 0 Å². The molecule has 0 aliphatic heterocycles. The van der Waals surface area contributed by atoms with Crippen LogP contribution in [0.5, 0.6) is 0 Å². The third-order valence-corrected chi connectivity index (χ3v) is 16.9. The molecule has 0 saturated carbocycles. The molecule has 4 nitrogen and oxygen atoms in total. The Morgan fingerprint density at radius 2 is 0.580 bits per heavy atom. The molecule has 2 aromatic heterocycles. The van der Waals surface area contributed by atoms with Gasteiger partial charge in [-0.3, -0.25) is 0 Å². The zero-order valence-corrected chi connectivity index (χ0v) is 44.3. The molecule has 0 unspecified atom stereocenters. The van der Waals surface area contributed by atoms with E-state index in [4.69, 9.17) is 0 Å². The van der Waals surface area contributed by atoms with Gasteiger partial charge in [-0.1, -0.05) is 188 Å². The summed E-state index contributed by atoms with van der Waals surface area (Å²) in [5.74, 6) is 0. The second-order valence-electron chi connectivity index (χ2n) is 21.3. The molecule has 0 radical (unpaired) electrons. The van der Waals surface area contributed by atoms with E-state index in [1.807, 2.05) is 0 Å². The minimum Gasteiger partial charge on any atom is -0.310 e. The molecular formula is C77H52N4. The van der Waals surface area contributed by atoms with Crippen molar-refractivity contribution in [1.82, 2.24) is 9.13 Å². The van der Waals surface area contributed by atoms with Gasteiger partial charge >= 0.3 is 0 Å². The Bertz CT molecular complexity index is 4510. The number of hydrogen-bond donors (Lipinski definition) is 0. The Labute approximate surface area is 470 Å². The fourth-order valence-electron chi connectivity index (χ4n) is 13.4. The van der Waals surface area contributed by atoms with Crippen molar-refractivity contribution >= 4 is 88.5 Å². The van der Waals surface area contributed by atoms with Gasteiger partial charge in [0.15, 0.2) is 0 Å². The minimum absolute atomic E-state index is 0.729. The Morgan fingerprint density at radius 3 is 1.01 bits per heavy atom. The van der Waals surface area contributed by atoms with E-state index in [0.29, 0.717) is 0 Å². The number of hydrogen-bond acceptors (Lipinski definition) is 2. The summed E-state index contributed by atoms with van der Waals surface area (Å²) in [4.78, 5) is 4.83. The third-order valence-electron chi connectivity index (χ3n) is 16.9. The molecule has 0 atom stereocenters. The zero-order chi connectivity index (χ0) is 53.4. The summed E-state index contributed by atoms with van der Waals surface area (Å²) >= 11 is 0. The van der Waals surface area contributed by atoms with Crippen LogP contribution in [-0.2, 0) is 5.41 Å². The molecule has 380 valence electrons. The topological polar surface area (TPSA) is 16.3 Å². The summed E-state index contributed by atoms with van der Waals surface area (Å²) in [6.07, 6.45) is 0. The molecule has 0 spiro atoms. The van der Waals surface area contributed by atoms with Crippen LogP contribution < -0.4 is 9.80 Å². The Hall–Kier alpha value is -10.7. The lowest BCUT2D eigenvalue weighted by Gasteiger charge is -2.36. The number of anilines is 6. The van der Waals surface area contributed by atoms with Crippen molar-refractivity contribution in [3.8, 4) is 22.5 Å². The maximum Gasteiger partial charge on any atom is 0.0715 e. The first-order valence-corrected chi connectivity index (χ1v) is 27.9. The van der Waals surface area contributed by atoms with E-state index in [-0.39, 0.29) is 0 Å². The van der Waals surface area contributed by atoms with Gasteiger partial charge < -0.3 is 18.9 Å². The highest BCUT2D eigenvalue weighted by Crippen LogP contribution is 2.59. The molecule has 13 aromatic carbocycles. The van der Waals surface area contributed by atoms with Crippen molar-refractivity contribution in [2.24, 2.45) is 0 Å². The number of rotatable bonds is 10. The first-order chi connectivity index (χ1) is 40.2. The molecular weight excluding hydrogens is 981 g/mol. The fraction of sp³-hybridized carbons (Fsp3) is 0.0130. The highest BCUT2D eigenvalue weighted by atomic mass is 15.2. The lowest BCUT2D eigenvalue weighted by atomic mass is 9.67. The molecule has 0 bridgehead atoms. The largest absolute Gasteiger partial charge is 0.310 e. The van der Waals surface area contributed by atoms with Crippen LogP contribution in [-0.4, -0.2) is 9.13 Å². The van der Waals surface area contributed by atoms with Crippen molar-refractivity contribution < 1.29 is 0 Å². The summed E-state index contributed by atoms with van der Waals surface area (Å²) in [6, 6.07) is 116. The first kappa shape index (κ1) is 46.4. The Kier molecular flexibility index (Phi) is 10.8. The van der Waals surface area contributed by atoms with Gasteiger partial charge in [-0.15, -0.1) is 0 Å². The number of benzene rings is 13. The van der Waals surface area contributed by atoms with Crippen LogP contribution in [0.1, 0.15) is 22.3 Å². The van der Waals surface area contributed by atoms with Gasteiger partial charge in [0.05, 0.1) is 27.5 Å². The molecule has 1 aliphatic carbocycles. The molecule has 0 amide bonds. The Morgan fingerprint density at radius 1 is 0.235 bits per heavy atom. The van der Waals surface area contributed by atoms with E-state index in [2.05, 4.69) is 334 Å². The lowest BCUT2D eigenvalue weighted by Crippen LogP contribution is -2.29. The predicted octanol–water partition coefficient (Wildman–Crippen LogP) is 20.3. The number of fused-ring (bicyclic) bond motifs is 10. The minimum atomic E-state index is -0.729. The third kappa shape index (κ3) is 7.31. The van der Waals surface area contributed by atoms with Gasteiger partial charge in [0.2, 0.25) is 0 Å². The van der Waals surface area contributed by atoms with Gasteiger partial charge in [0.1, 0.15) is 0 Å². The maximum atomic E-state index is 2.48. The molecule has 16 rings (SSSR count). The van der Waals surface area contributed by atoms with Crippen LogP contribution in [0.15, 0.2) is 315 Å². The summed E-state index contributed by atoms with van der Waals surface area (Å²) in [5, 5.41) is 7.42. The molecule has 1 aliphatic rings. The van der Waals surface area contributed by atoms with E-state index in [1.54, 1.807) is 0 Å². The van der Waals surface area contributed by atoms with E-state index >= 15 is 0 Å². The molecule has 2 heterocycles. The van der Waals surface area contributed by atoms with E-state index in [9.17, 15) is 0 Å². The maximum absolute atomic E-state index is 2.48. The van der Waals surface area contributed by atoms with Gasteiger partial charge in [0.25, 0.3) is 0 Å². The van der Waals surface area contributed by atoms with Gasteiger partial charge in [-0.05, 0) is 172 Å². The van der Waals surface area contributed by atoms with Crippen LogP contribution in [0.2, 0.25) is 0 Å². The second kappa shape index (κ2) is 18.8. The van der Waals surface area contributed by atoms with Crippen molar-refractivity contribution in [3.63, 3.8) is 0 Å². The van der Waals surface area contributed by atoms with Crippen molar-refractivity contribution in [3.05, 3.63) is 338 Å². The van der Waals surface area contributed by atoms with Crippen molar-refractivity contribution in [2.45, 2.75) is 5.41 Å². The summed E-state index contributed by atoms with van der Waals surface area (Å²) in [5.41, 5.74) is 20.1. The molecule has 4 heteroatoms. The monoisotopic (exact) mass is 1030 g/mol. The number of nitrogens with zero attached hydrogens (tertiary/aromatic N) is 4. The predicted molar refractivity (Wildman–Crippen MR) is 339 cm³/mol. The summed E-state index contributed by atoms with van der Waals surface area (Å²) in [7, 11) is 0. The molecule has 81 heavy (non-hydrogen) atoms. The highest BCUT2D eigenvalue weighted by molar-refractivity contribution is 6.10. The van der Waals surface area contributed by atoms with Crippen LogP contribution in [0.25, 0.3) is 76.9 Å². The lowest BCUT2D eigenvalue weighted by molar-refractivity contribution is 0.770. The van der Waals surface area contributed by atoms with E-state index in [1.165, 1.54) is 87.8 Å². The van der Waals surface area contributed by atoms with Gasteiger partial charge in [-0.25, -0.2) is 0 Å². The first-order valence-electron chi connectivity index (χ1n) is 27.9. The van der Waals surface area contributed by atoms with Gasteiger partial charge in [-0.2, -0.15) is 0 Å². The second-order valence-corrected chi connectivity index (χ2v) is 21.3. The number of para-hydroxylation sites is 6. The molecule has 0 saturated heterocycles. The summed E-state index contributed by atoms with van der Waals surface area (Å²) < 4.78 is 4.78.